The summed E-state index contributed by atoms with van der Waals surface area (Å²) >= 11 is 0. The molecule has 0 aliphatic heterocycles. The third kappa shape index (κ3) is 4.64. The summed E-state index contributed by atoms with van der Waals surface area (Å²) in [6.07, 6.45) is 0. The van der Waals surface area contributed by atoms with Crippen molar-refractivity contribution in [1.82, 2.24) is 5.32 Å². The number of aryl methyl sites for hydroxylation is 1. The molecule has 1 aromatic rings. The Morgan fingerprint density at radius 3 is 2.78 bits per heavy atom. The number of ether oxygens (including phenoxy) is 2. The lowest BCUT2D eigenvalue weighted by atomic mass is 10.0. The van der Waals surface area contributed by atoms with Crippen molar-refractivity contribution in [3.05, 3.63) is 29.3 Å². The summed E-state index contributed by atoms with van der Waals surface area (Å²) in [6.45, 7) is 5.98. The smallest absolute Gasteiger partial charge is 0.123 e. The highest BCUT2D eigenvalue weighted by molar-refractivity contribution is 5.38. The number of hydrogen-bond acceptors (Lipinski definition) is 4. The standard InChI is InChI=1S/C14H23NO3/c1-11-4-5-14(17-3)13(10-11)12(2)15-6-8-18-9-7-16/h4-5,10,12,15-16H,6-9H2,1-3H3. The maximum atomic E-state index is 8.59. The molecule has 0 spiro atoms. The highest BCUT2D eigenvalue weighted by Crippen LogP contribution is 2.25. The van der Waals surface area contributed by atoms with Crippen LogP contribution >= 0.6 is 0 Å². The second kappa shape index (κ2) is 8.08. The highest BCUT2D eigenvalue weighted by atomic mass is 16.5. The van der Waals surface area contributed by atoms with E-state index in [1.54, 1.807) is 7.11 Å². The second-order valence-electron chi connectivity index (χ2n) is 4.26. The number of methoxy groups -OCH3 is 1. The van der Waals surface area contributed by atoms with Crippen LogP contribution in [0, 0.1) is 6.92 Å². The van der Waals surface area contributed by atoms with Crippen molar-refractivity contribution in [1.29, 1.82) is 0 Å². The van der Waals surface area contributed by atoms with Gasteiger partial charge in [0.1, 0.15) is 5.75 Å². The molecule has 102 valence electrons. The van der Waals surface area contributed by atoms with E-state index < -0.39 is 0 Å². The maximum absolute atomic E-state index is 8.59. The summed E-state index contributed by atoms with van der Waals surface area (Å²) < 4.78 is 10.6. The van der Waals surface area contributed by atoms with E-state index in [0.29, 0.717) is 13.2 Å². The van der Waals surface area contributed by atoms with E-state index in [1.807, 2.05) is 12.1 Å². The zero-order valence-corrected chi connectivity index (χ0v) is 11.4. The first-order valence-corrected chi connectivity index (χ1v) is 6.25. The van der Waals surface area contributed by atoms with Gasteiger partial charge in [-0.2, -0.15) is 0 Å². The molecule has 18 heavy (non-hydrogen) atoms. The van der Waals surface area contributed by atoms with Gasteiger partial charge in [0.25, 0.3) is 0 Å². The number of hydrogen-bond donors (Lipinski definition) is 2. The molecule has 0 aromatic heterocycles. The Labute approximate surface area is 109 Å². The summed E-state index contributed by atoms with van der Waals surface area (Å²) in [5.74, 6) is 0.900. The van der Waals surface area contributed by atoms with Crippen LogP contribution in [0.3, 0.4) is 0 Å². The lowest BCUT2D eigenvalue weighted by Crippen LogP contribution is -2.24. The summed E-state index contributed by atoms with van der Waals surface area (Å²) in [6, 6.07) is 6.37. The normalized spacial score (nSPS) is 12.4. The predicted octanol–water partition coefficient (Wildman–Crippen LogP) is 1.66. The minimum Gasteiger partial charge on any atom is -0.496 e. The van der Waals surface area contributed by atoms with Crippen LogP contribution < -0.4 is 10.1 Å². The Hall–Kier alpha value is -1.10. The van der Waals surface area contributed by atoms with Gasteiger partial charge in [-0.15, -0.1) is 0 Å². The summed E-state index contributed by atoms with van der Waals surface area (Å²) in [4.78, 5) is 0. The van der Waals surface area contributed by atoms with Gasteiger partial charge in [-0.3, -0.25) is 0 Å². The lowest BCUT2D eigenvalue weighted by Gasteiger charge is -2.18. The molecule has 0 saturated carbocycles. The Morgan fingerprint density at radius 1 is 1.33 bits per heavy atom. The fraction of sp³-hybridized carbons (Fsp3) is 0.571. The Kier molecular flexibility index (Phi) is 6.72. The van der Waals surface area contributed by atoms with Crippen molar-refractivity contribution in [3.8, 4) is 5.75 Å². The van der Waals surface area contributed by atoms with Crippen molar-refractivity contribution < 1.29 is 14.6 Å². The minimum absolute atomic E-state index is 0.0707. The molecule has 1 aromatic carbocycles. The zero-order valence-electron chi connectivity index (χ0n) is 11.4. The van der Waals surface area contributed by atoms with E-state index >= 15 is 0 Å². The van der Waals surface area contributed by atoms with Crippen LogP contribution in [0.1, 0.15) is 24.1 Å². The van der Waals surface area contributed by atoms with E-state index in [1.165, 1.54) is 5.56 Å². The van der Waals surface area contributed by atoms with Crippen LogP contribution in [0.25, 0.3) is 0 Å². The zero-order chi connectivity index (χ0) is 13.4. The van der Waals surface area contributed by atoms with E-state index in [-0.39, 0.29) is 12.6 Å². The maximum Gasteiger partial charge on any atom is 0.123 e. The van der Waals surface area contributed by atoms with Gasteiger partial charge in [0.05, 0.1) is 26.9 Å². The van der Waals surface area contributed by atoms with Crippen LogP contribution in [-0.4, -0.2) is 38.6 Å². The van der Waals surface area contributed by atoms with Crippen LogP contribution in [0.4, 0.5) is 0 Å². The molecular formula is C14H23NO3. The Bertz CT molecular complexity index is 355. The summed E-state index contributed by atoms with van der Waals surface area (Å²) in [5, 5.41) is 12.0. The van der Waals surface area contributed by atoms with E-state index in [4.69, 9.17) is 14.6 Å². The van der Waals surface area contributed by atoms with Gasteiger partial charge in [0, 0.05) is 18.2 Å². The van der Waals surface area contributed by atoms with Crippen molar-refractivity contribution in [3.63, 3.8) is 0 Å². The molecule has 4 heteroatoms. The van der Waals surface area contributed by atoms with Crippen LogP contribution in [0.5, 0.6) is 5.75 Å². The first kappa shape index (κ1) is 15.0. The number of aliphatic hydroxyl groups excluding tert-OH is 1. The fourth-order valence-corrected chi connectivity index (χ4v) is 1.82. The molecule has 0 saturated heterocycles. The van der Waals surface area contributed by atoms with Gasteiger partial charge in [-0.1, -0.05) is 17.7 Å². The molecule has 1 atom stereocenters. The molecule has 0 fully saturated rings. The van der Waals surface area contributed by atoms with Crippen LogP contribution in [-0.2, 0) is 4.74 Å². The third-order valence-corrected chi connectivity index (χ3v) is 2.78. The Balaban J connectivity index is 2.49. The summed E-state index contributed by atoms with van der Waals surface area (Å²) in [7, 11) is 1.69. The number of rotatable bonds is 8. The van der Waals surface area contributed by atoms with Gasteiger partial charge >= 0.3 is 0 Å². The van der Waals surface area contributed by atoms with Crippen molar-refractivity contribution in [2.75, 3.05) is 33.5 Å². The number of nitrogens with one attached hydrogen (secondary N) is 1. The largest absolute Gasteiger partial charge is 0.496 e. The van der Waals surface area contributed by atoms with Gasteiger partial charge in [0.2, 0.25) is 0 Å². The van der Waals surface area contributed by atoms with Gasteiger partial charge in [-0.05, 0) is 19.9 Å². The molecule has 0 aliphatic rings. The number of benzene rings is 1. The average Bonchev–Trinajstić information content (AvgIpc) is 2.38. The molecule has 0 heterocycles. The van der Waals surface area contributed by atoms with E-state index in [9.17, 15) is 0 Å². The third-order valence-electron chi connectivity index (χ3n) is 2.78. The van der Waals surface area contributed by atoms with Gasteiger partial charge < -0.3 is 19.9 Å². The monoisotopic (exact) mass is 253 g/mol. The minimum atomic E-state index is 0.0707. The first-order valence-electron chi connectivity index (χ1n) is 6.25. The molecule has 2 N–H and O–H groups in total. The van der Waals surface area contributed by atoms with E-state index in [0.717, 1.165) is 17.9 Å². The molecule has 0 amide bonds. The topological polar surface area (TPSA) is 50.7 Å². The van der Waals surface area contributed by atoms with E-state index in [2.05, 4.69) is 25.2 Å². The Morgan fingerprint density at radius 2 is 2.11 bits per heavy atom. The fourth-order valence-electron chi connectivity index (χ4n) is 1.82. The summed E-state index contributed by atoms with van der Waals surface area (Å²) in [5.41, 5.74) is 2.37. The van der Waals surface area contributed by atoms with Gasteiger partial charge in [-0.25, -0.2) is 0 Å². The second-order valence-corrected chi connectivity index (χ2v) is 4.26. The van der Waals surface area contributed by atoms with Gasteiger partial charge in [0.15, 0.2) is 0 Å². The molecular weight excluding hydrogens is 230 g/mol. The van der Waals surface area contributed by atoms with Crippen molar-refractivity contribution >= 4 is 0 Å². The molecule has 0 radical (unpaired) electrons. The highest BCUT2D eigenvalue weighted by Gasteiger charge is 2.10. The average molecular weight is 253 g/mol. The molecule has 1 unspecified atom stereocenters. The predicted molar refractivity (Wildman–Crippen MR) is 72.1 cm³/mol. The molecule has 0 aliphatic carbocycles. The van der Waals surface area contributed by atoms with Crippen molar-refractivity contribution in [2.45, 2.75) is 19.9 Å². The molecule has 1 rings (SSSR count). The van der Waals surface area contributed by atoms with Crippen LogP contribution in [0.15, 0.2) is 18.2 Å². The lowest BCUT2D eigenvalue weighted by molar-refractivity contribution is 0.0928. The number of aliphatic hydroxyl groups is 1. The SMILES string of the molecule is COc1ccc(C)cc1C(C)NCCOCCO. The molecule has 0 bridgehead atoms. The first-order chi connectivity index (χ1) is 8.69. The van der Waals surface area contributed by atoms with Crippen LogP contribution in [0.2, 0.25) is 0 Å². The van der Waals surface area contributed by atoms with Crippen molar-refractivity contribution in [2.24, 2.45) is 0 Å². The molecule has 4 nitrogen and oxygen atoms in total. The quantitative estimate of drug-likeness (QED) is 0.692.